The highest BCUT2D eigenvalue weighted by molar-refractivity contribution is 7.88. The third-order valence-corrected chi connectivity index (χ3v) is 1.95. The number of nitrogens with one attached hydrogen (secondary N) is 1. The second kappa shape index (κ2) is 2.40. The van der Waals surface area contributed by atoms with Gasteiger partial charge in [-0.2, -0.15) is 0 Å². The molecule has 1 aromatic carbocycles. The van der Waals surface area contributed by atoms with E-state index in [2.05, 4.69) is 0 Å². The van der Waals surface area contributed by atoms with Crippen LogP contribution in [0.3, 0.4) is 0 Å². The molecular formula is C6H6NO2S. The van der Waals surface area contributed by atoms with Crippen LogP contribution in [0.25, 0.3) is 0 Å². The number of hydrogen-bond acceptors (Lipinski definition) is 2. The molecule has 0 atom stereocenters. The van der Waals surface area contributed by atoms with E-state index in [9.17, 15) is 8.42 Å². The minimum atomic E-state index is -3.75. The molecule has 53 valence electrons. The highest BCUT2D eigenvalue weighted by atomic mass is 32.2. The van der Waals surface area contributed by atoms with Gasteiger partial charge in [0.05, 0.1) is 4.90 Å². The number of rotatable bonds is 1. The smallest absolute Gasteiger partial charge is 0.206 e. The van der Waals surface area contributed by atoms with Crippen molar-refractivity contribution >= 4 is 10.0 Å². The number of hydrogen-bond donors (Lipinski definition) is 0. The fourth-order valence-electron chi connectivity index (χ4n) is 0.600. The molecule has 1 radical (unpaired) electrons. The standard InChI is InChI=1S/C6H6NO2S/c7-10(8,9)6-4-2-1-3-5-6/h1-5,7H. The van der Waals surface area contributed by atoms with E-state index in [0.717, 1.165) is 0 Å². The molecule has 0 saturated carbocycles. The first-order valence-corrected chi connectivity index (χ1v) is 4.14. The van der Waals surface area contributed by atoms with Gasteiger partial charge in [-0.1, -0.05) is 18.2 Å². The van der Waals surface area contributed by atoms with Gasteiger partial charge in [0.2, 0.25) is 0 Å². The molecular weight excluding hydrogens is 150 g/mol. The summed E-state index contributed by atoms with van der Waals surface area (Å²) in [4.78, 5) is 0.0370. The lowest BCUT2D eigenvalue weighted by molar-refractivity contribution is 0.596. The van der Waals surface area contributed by atoms with Crippen molar-refractivity contribution < 1.29 is 8.42 Å². The predicted molar refractivity (Wildman–Crippen MR) is 36.7 cm³/mol. The van der Waals surface area contributed by atoms with Gasteiger partial charge in [-0.3, -0.25) is 0 Å². The van der Waals surface area contributed by atoms with Crippen molar-refractivity contribution in [3.63, 3.8) is 0 Å². The lowest BCUT2D eigenvalue weighted by atomic mass is 10.4. The molecule has 0 amide bonds. The summed E-state index contributed by atoms with van der Waals surface area (Å²) in [7, 11) is -3.75. The highest BCUT2D eigenvalue weighted by Crippen LogP contribution is 2.04. The molecule has 0 aromatic heterocycles. The van der Waals surface area contributed by atoms with Gasteiger partial charge in [-0.25, -0.2) is 8.42 Å². The van der Waals surface area contributed by atoms with Crippen LogP contribution in [0.1, 0.15) is 0 Å². The average Bonchev–Trinajstić information content (AvgIpc) is 1.88. The van der Waals surface area contributed by atoms with Crippen molar-refractivity contribution in [3.05, 3.63) is 30.3 Å². The molecule has 0 unspecified atom stereocenters. The van der Waals surface area contributed by atoms with E-state index in [0.29, 0.717) is 0 Å². The Bertz CT molecular complexity index is 304. The first kappa shape index (κ1) is 7.24. The summed E-state index contributed by atoms with van der Waals surface area (Å²) in [5.41, 5.74) is 0. The van der Waals surface area contributed by atoms with Gasteiger partial charge in [0, 0.05) is 0 Å². The van der Waals surface area contributed by atoms with Gasteiger partial charge in [0.1, 0.15) is 0 Å². The maximum atomic E-state index is 10.5. The fraction of sp³-hybridized carbons (Fsp3) is 0. The van der Waals surface area contributed by atoms with E-state index in [1.54, 1.807) is 18.2 Å². The highest BCUT2D eigenvalue weighted by Gasteiger charge is 2.04. The van der Waals surface area contributed by atoms with E-state index in [4.69, 9.17) is 5.14 Å². The molecule has 0 fully saturated rings. The summed E-state index contributed by atoms with van der Waals surface area (Å²) in [6.07, 6.45) is 0. The monoisotopic (exact) mass is 156 g/mol. The van der Waals surface area contributed by atoms with Crippen molar-refractivity contribution in [2.24, 2.45) is 0 Å². The second-order valence-electron chi connectivity index (χ2n) is 1.82. The van der Waals surface area contributed by atoms with Gasteiger partial charge in [0.25, 0.3) is 10.0 Å². The molecule has 10 heavy (non-hydrogen) atoms. The second-order valence-corrected chi connectivity index (χ2v) is 3.29. The minimum Gasteiger partial charge on any atom is -0.206 e. The molecule has 0 aliphatic rings. The predicted octanol–water partition coefficient (Wildman–Crippen LogP) is 0.658. The van der Waals surface area contributed by atoms with E-state index >= 15 is 0 Å². The molecule has 1 aromatic rings. The minimum absolute atomic E-state index is 0.0370. The number of sulfonamides is 1. The lowest BCUT2D eigenvalue weighted by Gasteiger charge is -1.92. The van der Waals surface area contributed by atoms with Gasteiger partial charge in [0.15, 0.2) is 0 Å². The number of benzene rings is 1. The normalized spacial score (nSPS) is 11.3. The Morgan fingerprint density at radius 1 is 1.10 bits per heavy atom. The SMILES string of the molecule is [NH]S(=O)(=O)c1ccccc1. The Labute approximate surface area is 59.5 Å². The molecule has 1 rings (SSSR count). The third kappa shape index (κ3) is 1.55. The summed E-state index contributed by atoms with van der Waals surface area (Å²) in [5, 5.41) is 6.65. The Balaban J connectivity index is 3.22. The summed E-state index contributed by atoms with van der Waals surface area (Å²) in [6.45, 7) is 0. The van der Waals surface area contributed by atoms with Crippen LogP contribution in [-0.2, 0) is 10.0 Å². The Kier molecular flexibility index (Phi) is 1.74. The zero-order valence-electron chi connectivity index (χ0n) is 5.11. The summed E-state index contributed by atoms with van der Waals surface area (Å²) >= 11 is 0. The molecule has 0 aliphatic heterocycles. The van der Waals surface area contributed by atoms with Crippen LogP contribution in [0.2, 0.25) is 0 Å². The maximum absolute atomic E-state index is 10.5. The molecule has 0 spiro atoms. The molecule has 0 heterocycles. The Morgan fingerprint density at radius 3 is 1.90 bits per heavy atom. The Hall–Kier alpha value is -0.870. The molecule has 0 bridgehead atoms. The lowest BCUT2D eigenvalue weighted by Crippen LogP contribution is -1.99. The quantitative estimate of drug-likeness (QED) is 0.599. The van der Waals surface area contributed by atoms with Gasteiger partial charge < -0.3 is 0 Å². The van der Waals surface area contributed by atoms with Crippen molar-refractivity contribution in [2.45, 2.75) is 4.90 Å². The maximum Gasteiger partial charge on any atom is 0.254 e. The van der Waals surface area contributed by atoms with Gasteiger partial charge >= 0.3 is 0 Å². The van der Waals surface area contributed by atoms with E-state index in [-0.39, 0.29) is 4.90 Å². The topological polar surface area (TPSA) is 57.9 Å². The van der Waals surface area contributed by atoms with Crippen LogP contribution < -0.4 is 5.14 Å². The summed E-state index contributed by atoms with van der Waals surface area (Å²) < 4.78 is 21.0. The molecule has 4 heteroatoms. The van der Waals surface area contributed by atoms with Crippen molar-refractivity contribution in [1.82, 2.24) is 5.14 Å². The van der Waals surface area contributed by atoms with Gasteiger partial charge in [-0.15, -0.1) is 5.14 Å². The zero-order valence-corrected chi connectivity index (χ0v) is 5.93. The molecule has 0 aliphatic carbocycles. The summed E-state index contributed by atoms with van der Waals surface area (Å²) in [5.74, 6) is 0. The van der Waals surface area contributed by atoms with E-state index < -0.39 is 10.0 Å². The van der Waals surface area contributed by atoms with Crippen LogP contribution in [-0.4, -0.2) is 8.42 Å². The first-order chi connectivity index (χ1) is 4.61. The zero-order chi connectivity index (χ0) is 7.61. The van der Waals surface area contributed by atoms with Crippen molar-refractivity contribution in [3.8, 4) is 0 Å². The molecule has 0 saturated heterocycles. The van der Waals surface area contributed by atoms with Crippen molar-refractivity contribution in [2.75, 3.05) is 0 Å². The summed E-state index contributed by atoms with van der Waals surface area (Å²) in [6, 6.07) is 7.65. The van der Waals surface area contributed by atoms with Crippen LogP contribution in [0, 0.1) is 0 Å². The van der Waals surface area contributed by atoms with E-state index in [1.807, 2.05) is 0 Å². The van der Waals surface area contributed by atoms with Gasteiger partial charge in [-0.05, 0) is 12.1 Å². The Morgan fingerprint density at radius 2 is 1.60 bits per heavy atom. The third-order valence-electron chi connectivity index (χ3n) is 1.05. The molecule has 3 nitrogen and oxygen atoms in total. The van der Waals surface area contributed by atoms with Crippen LogP contribution in [0.4, 0.5) is 0 Å². The largest absolute Gasteiger partial charge is 0.254 e. The molecule has 1 N–H and O–H groups in total. The van der Waals surface area contributed by atoms with E-state index in [1.165, 1.54) is 12.1 Å². The van der Waals surface area contributed by atoms with Crippen LogP contribution in [0.5, 0.6) is 0 Å². The van der Waals surface area contributed by atoms with Crippen molar-refractivity contribution in [1.29, 1.82) is 0 Å². The van der Waals surface area contributed by atoms with Crippen LogP contribution in [0.15, 0.2) is 35.2 Å². The fourth-order valence-corrected chi connectivity index (χ4v) is 1.12. The average molecular weight is 156 g/mol. The first-order valence-electron chi connectivity index (χ1n) is 2.65. The van der Waals surface area contributed by atoms with Crippen LogP contribution >= 0.6 is 0 Å².